The Morgan fingerprint density at radius 3 is 2.58 bits per heavy atom. The average Bonchev–Trinajstić information content (AvgIpc) is 2.35. The van der Waals surface area contributed by atoms with Gasteiger partial charge in [0, 0.05) is 12.6 Å². The number of rotatable bonds is 4. The molecular weight excluding hydrogens is 276 g/mol. The van der Waals surface area contributed by atoms with Crippen LogP contribution in [-0.4, -0.2) is 44.5 Å². The standard InChI is InChI=1S/C12H13F2NO3S/c1-15(9-12(13)14)19(17,18)11-7-3-2-5-10(11)6-4-8-16/h2-3,5,7,12,16H,8-9H2,1H3. The molecule has 0 unspecified atom stereocenters. The summed E-state index contributed by atoms with van der Waals surface area (Å²) in [5, 5.41) is 8.62. The van der Waals surface area contributed by atoms with E-state index in [0.717, 1.165) is 7.05 Å². The second kappa shape index (κ2) is 6.61. The summed E-state index contributed by atoms with van der Waals surface area (Å²) in [5.41, 5.74) is 0.165. The van der Waals surface area contributed by atoms with Gasteiger partial charge in [0.2, 0.25) is 10.0 Å². The van der Waals surface area contributed by atoms with Crippen LogP contribution in [-0.2, 0) is 10.0 Å². The lowest BCUT2D eigenvalue weighted by Crippen LogP contribution is -2.31. The van der Waals surface area contributed by atoms with Gasteiger partial charge in [0.15, 0.2) is 0 Å². The molecule has 0 atom stereocenters. The van der Waals surface area contributed by atoms with Crippen LogP contribution in [0.1, 0.15) is 5.56 Å². The maximum atomic E-state index is 12.3. The van der Waals surface area contributed by atoms with Crippen molar-refractivity contribution in [2.75, 3.05) is 20.2 Å². The number of nitrogens with zero attached hydrogens (tertiary/aromatic N) is 1. The van der Waals surface area contributed by atoms with Gasteiger partial charge in [-0.25, -0.2) is 17.2 Å². The maximum absolute atomic E-state index is 12.3. The van der Waals surface area contributed by atoms with Crippen LogP contribution in [0, 0.1) is 11.8 Å². The van der Waals surface area contributed by atoms with Crippen LogP contribution in [0.25, 0.3) is 0 Å². The third-order valence-electron chi connectivity index (χ3n) is 2.27. The predicted octanol–water partition coefficient (Wildman–Crippen LogP) is 0.916. The van der Waals surface area contributed by atoms with Gasteiger partial charge < -0.3 is 5.11 Å². The monoisotopic (exact) mass is 289 g/mol. The van der Waals surface area contributed by atoms with Crippen LogP contribution < -0.4 is 0 Å². The van der Waals surface area contributed by atoms with E-state index in [0.29, 0.717) is 4.31 Å². The van der Waals surface area contributed by atoms with Gasteiger partial charge in [0.25, 0.3) is 6.43 Å². The van der Waals surface area contributed by atoms with Crippen molar-refractivity contribution >= 4 is 10.0 Å². The van der Waals surface area contributed by atoms with Gasteiger partial charge in [-0.3, -0.25) is 0 Å². The molecule has 0 bridgehead atoms. The van der Waals surface area contributed by atoms with Crippen LogP contribution in [0.5, 0.6) is 0 Å². The van der Waals surface area contributed by atoms with Crippen molar-refractivity contribution in [2.45, 2.75) is 11.3 Å². The number of sulfonamides is 1. The molecule has 0 aliphatic carbocycles. The molecule has 0 aliphatic heterocycles. The number of benzene rings is 1. The molecule has 0 amide bonds. The minimum atomic E-state index is -4.03. The van der Waals surface area contributed by atoms with E-state index in [2.05, 4.69) is 11.8 Å². The van der Waals surface area contributed by atoms with Crippen molar-refractivity contribution < 1.29 is 22.3 Å². The molecule has 0 fully saturated rings. The summed E-state index contributed by atoms with van der Waals surface area (Å²) in [6.07, 6.45) is -2.75. The summed E-state index contributed by atoms with van der Waals surface area (Å²) >= 11 is 0. The van der Waals surface area contributed by atoms with Crippen molar-refractivity contribution in [1.82, 2.24) is 4.31 Å². The molecule has 1 rings (SSSR count). The van der Waals surface area contributed by atoms with Gasteiger partial charge in [-0.05, 0) is 12.1 Å². The van der Waals surface area contributed by atoms with Gasteiger partial charge in [-0.15, -0.1) is 0 Å². The zero-order valence-electron chi connectivity index (χ0n) is 10.2. The predicted molar refractivity (Wildman–Crippen MR) is 66.2 cm³/mol. The molecule has 104 valence electrons. The smallest absolute Gasteiger partial charge is 0.252 e. The Morgan fingerprint density at radius 2 is 2.00 bits per heavy atom. The summed E-state index contributed by atoms with van der Waals surface area (Å²) in [5.74, 6) is 4.82. The first-order valence-corrected chi connectivity index (χ1v) is 6.77. The third-order valence-corrected chi connectivity index (χ3v) is 4.15. The molecule has 0 heterocycles. The molecule has 0 saturated heterocycles. The fourth-order valence-corrected chi connectivity index (χ4v) is 2.68. The Kier molecular flexibility index (Phi) is 5.42. The number of alkyl halides is 2. The highest BCUT2D eigenvalue weighted by molar-refractivity contribution is 7.89. The molecule has 7 heteroatoms. The van der Waals surface area contributed by atoms with Gasteiger partial charge >= 0.3 is 0 Å². The molecule has 0 aliphatic rings. The zero-order chi connectivity index (χ0) is 14.5. The molecular formula is C12H13F2NO3S. The Bertz CT molecular complexity index is 590. The summed E-state index contributed by atoms with van der Waals surface area (Å²) in [6, 6.07) is 5.80. The van der Waals surface area contributed by atoms with Crippen molar-refractivity contribution in [3.05, 3.63) is 29.8 Å². The lowest BCUT2D eigenvalue weighted by atomic mass is 10.2. The molecule has 0 spiro atoms. The fraction of sp³-hybridized carbons (Fsp3) is 0.333. The van der Waals surface area contributed by atoms with Gasteiger partial charge in [0.05, 0.1) is 11.4 Å². The summed E-state index contributed by atoms with van der Waals surface area (Å²) in [7, 11) is -2.94. The highest BCUT2D eigenvalue weighted by Gasteiger charge is 2.25. The van der Waals surface area contributed by atoms with Crippen LogP contribution >= 0.6 is 0 Å². The number of halogens is 2. The lowest BCUT2D eigenvalue weighted by molar-refractivity contribution is 0.126. The molecule has 0 saturated carbocycles. The largest absolute Gasteiger partial charge is 0.384 e. The van der Waals surface area contributed by atoms with Crippen molar-refractivity contribution in [1.29, 1.82) is 0 Å². The van der Waals surface area contributed by atoms with E-state index in [9.17, 15) is 17.2 Å². The summed E-state index contributed by atoms with van der Waals surface area (Å²) < 4.78 is 49.3. The highest BCUT2D eigenvalue weighted by atomic mass is 32.2. The van der Waals surface area contributed by atoms with Crippen molar-refractivity contribution in [2.24, 2.45) is 0 Å². The summed E-state index contributed by atoms with van der Waals surface area (Å²) in [6.45, 7) is -1.30. The molecule has 0 radical (unpaired) electrons. The van der Waals surface area contributed by atoms with E-state index in [-0.39, 0.29) is 10.5 Å². The Balaban J connectivity index is 3.21. The Morgan fingerprint density at radius 1 is 1.37 bits per heavy atom. The van der Waals surface area contributed by atoms with E-state index in [1.165, 1.54) is 18.2 Å². The highest BCUT2D eigenvalue weighted by Crippen LogP contribution is 2.19. The zero-order valence-corrected chi connectivity index (χ0v) is 11.0. The molecule has 0 aromatic heterocycles. The fourth-order valence-electron chi connectivity index (χ4n) is 1.39. The third kappa shape index (κ3) is 3.99. The van der Waals surface area contributed by atoms with Crippen molar-refractivity contribution in [3.8, 4) is 11.8 Å². The number of hydrogen-bond acceptors (Lipinski definition) is 3. The first-order chi connectivity index (χ1) is 8.89. The lowest BCUT2D eigenvalue weighted by Gasteiger charge is -2.17. The molecule has 1 N–H and O–H groups in total. The minimum absolute atomic E-state index is 0.154. The van der Waals surface area contributed by atoms with Gasteiger partial charge in [-0.1, -0.05) is 24.0 Å². The minimum Gasteiger partial charge on any atom is -0.384 e. The normalized spacial score (nSPS) is 11.5. The van der Waals surface area contributed by atoms with Gasteiger partial charge in [-0.2, -0.15) is 4.31 Å². The molecule has 19 heavy (non-hydrogen) atoms. The van der Waals surface area contributed by atoms with Crippen LogP contribution in [0.4, 0.5) is 8.78 Å². The molecule has 1 aromatic rings. The Hall–Kier alpha value is -1.49. The van der Waals surface area contributed by atoms with Crippen molar-refractivity contribution in [3.63, 3.8) is 0 Å². The van der Waals surface area contributed by atoms with E-state index in [1.807, 2.05) is 0 Å². The quantitative estimate of drug-likeness (QED) is 0.838. The van der Waals surface area contributed by atoms with Gasteiger partial charge in [0.1, 0.15) is 6.61 Å². The average molecular weight is 289 g/mol. The SMILES string of the molecule is CN(CC(F)F)S(=O)(=O)c1ccccc1C#CCO. The van der Waals surface area contributed by atoms with Crippen LogP contribution in [0.15, 0.2) is 29.2 Å². The first kappa shape index (κ1) is 15.6. The molecule has 4 nitrogen and oxygen atoms in total. The number of hydrogen-bond donors (Lipinski definition) is 1. The molecule has 1 aromatic carbocycles. The second-order valence-electron chi connectivity index (χ2n) is 3.63. The van der Waals surface area contributed by atoms with E-state index in [1.54, 1.807) is 6.07 Å². The van der Waals surface area contributed by atoms with Crippen LogP contribution in [0.2, 0.25) is 0 Å². The Labute approximate surface area is 110 Å². The van der Waals surface area contributed by atoms with E-state index < -0.39 is 29.6 Å². The topological polar surface area (TPSA) is 57.6 Å². The second-order valence-corrected chi connectivity index (χ2v) is 5.65. The first-order valence-electron chi connectivity index (χ1n) is 5.33. The maximum Gasteiger partial charge on any atom is 0.252 e. The number of aliphatic hydroxyl groups is 1. The van der Waals surface area contributed by atoms with E-state index in [4.69, 9.17) is 5.11 Å². The van der Waals surface area contributed by atoms with Crippen LogP contribution in [0.3, 0.4) is 0 Å². The number of aliphatic hydroxyl groups excluding tert-OH is 1. The summed E-state index contributed by atoms with van der Waals surface area (Å²) in [4.78, 5) is -0.154. The van der Waals surface area contributed by atoms with E-state index >= 15 is 0 Å².